The summed E-state index contributed by atoms with van der Waals surface area (Å²) in [6, 6.07) is 6.41. The van der Waals surface area contributed by atoms with Crippen LogP contribution in [0.4, 0.5) is 4.39 Å². The Labute approximate surface area is 126 Å². The molecule has 0 saturated heterocycles. The Morgan fingerprint density at radius 2 is 1.95 bits per heavy atom. The minimum Gasteiger partial charge on any atom is -0.349 e. The second-order valence-electron chi connectivity index (χ2n) is 6.41. The maximum atomic E-state index is 13.0. The number of nitrogens with two attached hydrogens (primary N) is 1. The molecule has 0 aromatic heterocycles. The van der Waals surface area contributed by atoms with E-state index in [2.05, 4.69) is 19.2 Å². The van der Waals surface area contributed by atoms with Crippen LogP contribution in [0.25, 0.3) is 0 Å². The van der Waals surface area contributed by atoms with Gasteiger partial charge in [-0.1, -0.05) is 32.4 Å². The third-order valence-corrected chi connectivity index (χ3v) is 4.28. The minimum absolute atomic E-state index is 0.00967. The fourth-order valence-corrected chi connectivity index (χ4v) is 3.04. The summed E-state index contributed by atoms with van der Waals surface area (Å²) in [5.74, 6) is 0.0751. The maximum Gasteiger partial charge on any atom is 0.223 e. The first-order chi connectivity index (χ1) is 9.97. The number of halogens is 1. The first-order valence-corrected chi connectivity index (χ1v) is 7.78. The summed E-state index contributed by atoms with van der Waals surface area (Å²) in [7, 11) is 0. The molecule has 1 aromatic carbocycles. The van der Waals surface area contributed by atoms with Crippen LogP contribution < -0.4 is 11.1 Å². The number of nitrogens with one attached hydrogen (secondary N) is 1. The molecule has 0 spiro atoms. The van der Waals surface area contributed by atoms with Crippen molar-refractivity contribution in [1.29, 1.82) is 0 Å². The molecule has 0 radical (unpaired) electrons. The van der Waals surface area contributed by atoms with Gasteiger partial charge in [0.05, 0.1) is 6.04 Å². The highest BCUT2D eigenvalue weighted by Gasteiger charge is 2.28. The van der Waals surface area contributed by atoms with E-state index in [1.807, 2.05) is 0 Å². The number of amides is 1. The van der Waals surface area contributed by atoms with E-state index in [1.54, 1.807) is 12.1 Å². The molecule has 1 aliphatic rings. The predicted octanol–water partition coefficient (Wildman–Crippen LogP) is 3.16. The smallest absolute Gasteiger partial charge is 0.223 e. The molecule has 3 atom stereocenters. The van der Waals surface area contributed by atoms with Crippen LogP contribution in [-0.4, -0.2) is 11.9 Å². The van der Waals surface area contributed by atoms with Gasteiger partial charge in [0.1, 0.15) is 5.82 Å². The quantitative estimate of drug-likeness (QED) is 0.895. The zero-order chi connectivity index (χ0) is 15.4. The molecule has 2 rings (SSSR count). The lowest BCUT2D eigenvalue weighted by molar-refractivity contribution is -0.127. The highest BCUT2D eigenvalue weighted by molar-refractivity contribution is 5.79. The van der Waals surface area contributed by atoms with Crippen LogP contribution >= 0.6 is 0 Å². The van der Waals surface area contributed by atoms with Crippen LogP contribution in [0.5, 0.6) is 0 Å². The average molecular weight is 292 g/mol. The molecule has 1 fully saturated rings. The van der Waals surface area contributed by atoms with Gasteiger partial charge < -0.3 is 11.1 Å². The van der Waals surface area contributed by atoms with Crippen LogP contribution in [0.1, 0.15) is 51.1 Å². The van der Waals surface area contributed by atoms with Gasteiger partial charge in [0, 0.05) is 12.0 Å². The first-order valence-electron chi connectivity index (χ1n) is 7.78. The van der Waals surface area contributed by atoms with E-state index in [1.165, 1.54) is 12.1 Å². The molecule has 0 aliphatic heterocycles. The van der Waals surface area contributed by atoms with Crippen molar-refractivity contribution in [3.8, 4) is 0 Å². The molecule has 0 heterocycles. The number of hydrogen-bond donors (Lipinski definition) is 2. The highest BCUT2D eigenvalue weighted by Crippen LogP contribution is 2.26. The van der Waals surface area contributed by atoms with Crippen LogP contribution in [0.2, 0.25) is 0 Å². The molecular formula is C17H25FN2O. The zero-order valence-electron chi connectivity index (χ0n) is 12.8. The van der Waals surface area contributed by atoms with E-state index >= 15 is 0 Å². The fourth-order valence-electron chi connectivity index (χ4n) is 3.04. The van der Waals surface area contributed by atoms with E-state index in [4.69, 9.17) is 5.73 Å². The van der Waals surface area contributed by atoms with Crippen LogP contribution in [-0.2, 0) is 4.79 Å². The Morgan fingerprint density at radius 3 is 2.52 bits per heavy atom. The molecule has 4 heteroatoms. The van der Waals surface area contributed by atoms with Crippen molar-refractivity contribution in [3.05, 3.63) is 35.6 Å². The monoisotopic (exact) mass is 292 g/mol. The van der Waals surface area contributed by atoms with Crippen molar-refractivity contribution >= 4 is 5.91 Å². The topological polar surface area (TPSA) is 55.1 Å². The Bertz CT molecular complexity index is 472. The Morgan fingerprint density at radius 1 is 1.29 bits per heavy atom. The van der Waals surface area contributed by atoms with Crippen LogP contribution in [0.15, 0.2) is 24.3 Å². The number of carbonyl (C=O) groups excluding carboxylic acids is 1. The van der Waals surface area contributed by atoms with Crippen molar-refractivity contribution in [2.24, 2.45) is 17.6 Å². The molecule has 1 aliphatic carbocycles. The molecule has 0 bridgehead atoms. The van der Waals surface area contributed by atoms with Crippen molar-refractivity contribution in [3.63, 3.8) is 0 Å². The van der Waals surface area contributed by atoms with Gasteiger partial charge in [-0.3, -0.25) is 4.79 Å². The number of hydrogen-bond acceptors (Lipinski definition) is 2. The van der Waals surface area contributed by atoms with E-state index in [9.17, 15) is 9.18 Å². The first kappa shape index (κ1) is 16.0. The molecule has 116 valence electrons. The Hall–Kier alpha value is -1.42. The second kappa shape index (κ2) is 7.03. The van der Waals surface area contributed by atoms with Crippen molar-refractivity contribution in [1.82, 2.24) is 5.32 Å². The lowest BCUT2D eigenvalue weighted by Gasteiger charge is -2.29. The summed E-state index contributed by atoms with van der Waals surface area (Å²) in [4.78, 5) is 12.5. The standard InChI is InChI=1S/C17H25FN2O/c1-11(2)16(12-6-8-14(18)9-7-12)20-17(21)13-4-3-5-15(19)10-13/h6-9,11,13,15-16H,3-5,10,19H2,1-2H3,(H,20,21). The van der Waals surface area contributed by atoms with Crippen LogP contribution in [0, 0.1) is 17.7 Å². The van der Waals surface area contributed by atoms with Gasteiger partial charge in [0.15, 0.2) is 0 Å². The third kappa shape index (κ3) is 4.27. The maximum absolute atomic E-state index is 13.0. The SMILES string of the molecule is CC(C)C(NC(=O)C1CCCC(N)C1)c1ccc(F)cc1. The van der Waals surface area contributed by atoms with Gasteiger partial charge in [-0.2, -0.15) is 0 Å². The molecule has 3 nitrogen and oxygen atoms in total. The van der Waals surface area contributed by atoms with Gasteiger partial charge in [0.2, 0.25) is 5.91 Å². The van der Waals surface area contributed by atoms with E-state index in [0.717, 1.165) is 31.2 Å². The number of carbonyl (C=O) groups is 1. The number of benzene rings is 1. The van der Waals surface area contributed by atoms with Gasteiger partial charge in [-0.15, -0.1) is 0 Å². The summed E-state index contributed by atoms with van der Waals surface area (Å²) >= 11 is 0. The molecule has 21 heavy (non-hydrogen) atoms. The summed E-state index contributed by atoms with van der Waals surface area (Å²) in [5, 5.41) is 3.13. The fraction of sp³-hybridized carbons (Fsp3) is 0.588. The van der Waals surface area contributed by atoms with E-state index in [0.29, 0.717) is 0 Å². The van der Waals surface area contributed by atoms with Gasteiger partial charge in [0.25, 0.3) is 0 Å². The van der Waals surface area contributed by atoms with E-state index in [-0.39, 0.29) is 35.6 Å². The minimum atomic E-state index is -0.258. The molecule has 3 unspecified atom stereocenters. The molecule has 1 saturated carbocycles. The lowest BCUT2D eigenvalue weighted by Crippen LogP contribution is -2.40. The Kier molecular flexibility index (Phi) is 5.34. The molecule has 1 amide bonds. The third-order valence-electron chi connectivity index (χ3n) is 4.28. The zero-order valence-corrected chi connectivity index (χ0v) is 12.8. The van der Waals surface area contributed by atoms with Gasteiger partial charge in [-0.05, 0) is 42.9 Å². The second-order valence-corrected chi connectivity index (χ2v) is 6.41. The van der Waals surface area contributed by atoms with Crippen molar-refractivity contribution in [2.75, 3.05) is 0 Å². The predicted molar refractivity (Wildman–Crippen MR) is 82.1 cm³/mol. The highest BCUT2D eigenvalue weighted by atomic mass is 19.1. The molecule has 3 N–H and O–H groups in total. The van der Waals surface area contributed by atoms with Crippen molar-refractivity contribution < 1.29 is 9.18 Å². The van der Waals surface area contributed by atoms with Crippen LogP contribution in [0.3, 0.4) is 0 Å². The Balaban J connectivity index is 2.05. The van der Waals surface area contributed by atoms with Crippen molar-refractivity contribution in [2.45, 2.75) is 51.6 Å². The summed E-state index contributed by atoms with van der Waals surface area (Å²) in [5.41, 5.74) is 6.90. The number of rotatable bonds is 4. The molecule has 1 aromatic rings. The lowest BCUT2D eigenvalue weighted by atomic mass is 9.85. The average Bonchev–Trinajstić information content (AvgIpc) is 2.45. The summed E-state index contributed by atoms with van der Waals surface area (Å²) in [6.45, 7) is 4.11. The largest absolute Gasteiger partial charge is 0.349 e. The normalized spacial score (nSPS) is 23.9. The summed E-state index contributed by atoms with van der Waals surface area (Å²) in [6.07, 6.45) is 3.70. The summed E-state index contributed by atoms with van der Waals surface area (Å²) < 4.78 is 13.0. The van der Waals surface area contributed by atoms with Gasteiger partial charge >= 0.3 is 0 Å². The van der Waals surface area contributed by atoms with Gasteiger partial charge in [-0.25, -0.2) is 4.39 Å². The van der Waals surface area contributed by atoms with E-state index < -0.39 is 0 Å². The molecular weight excluding hydrogens is 267 g/mol.